The minimum atomic E-state index is 0.0897. The van der Waals surface area contributed by atoms with E-state index in [0.717, 1.165) is 24.6 Å². The maximum Gasteiger partial charge on any atom is 0.185 e. The molecule has 0 aromatic carbocycles. The highest BCUT2D eigenvalue weighted by Crippen LogP contribution is 2.38. The summed E-state index contributed by atoms with van der Waals surface area (Å²) in [7, 11) is 0. The summed E-state index contributed by atoms with van der Waals surface area (Å²) in [5.41, 5.74) is 0.0897. The van der Waals surface area contributed by atoms with Gasteiger partial charge in [0.1, 0.15) is 0 Å². The van der Waals surface area contributed by atoms with Gasteiger partial charge in [0.15, 0.2) is 5.13 Å². The molecule has 0 radical (unpaired) electrons. The molecule has 2 heterocycles. The van der Waals surface area contributed by atoms with Crippen molar-refractivity contribution in [3.05, 3.63) is 11.6 Å². The number of anilines is 1. The highest BCUT2D eigenvalue weighted by Gasteiger charge is 2.39. The van der Waals surface area contributed by atoms with Gasteiger partial charge >= 0.3 is 0 Å². The fraction of sp³-hybridized carbons (Fsp3) is 0.800. The summed E-state index contributed by atoms with van der Waals surface area (Å²) >= 11 is 1.73. The highest BCUT2D eigenvalue weighted by molar-refractivity contribution is 7.13. The number of nitrogens with one attached hydrogen (secondary N) is 1. The molecule has 1 aromatic rings. The third-order valence-electron chi connectivity index (χ3n) is 5.06. The Bertz CT molecular complexity index is 417. The summed E-state index contributed by atoms with van der Waals surface area (Å²) in [5.74, 6) is 0. The molecule has 1 saturated carbocycles. The maximum absolute atomic E-state index is 9.64. The molecule has 0 amide bonds. The number of nitrogens with zero attached hydrogens (tertiary/aromatic N) is 2. The Kier molecular flexibility index (Phi) is 4.29. The van der Waals surface area contributed by atoms with Crippen molar-refractivity contribution in [1.29, 1.82) is 0 Å². The molecule has 2 N–H and O–H groups in total. The van der Waals surface area contributed by atoms with Gasteiger partial charge in [-0.25, -0.2) is 4.98 Å². The number of thiazole rings is 1. The quantitative estimate of drug-likeness (QED) is 0.894. The van der Waals surface area contributed by atoms with Gasteiger partial charge in [0, 0.05) is 48.8 Å². The second kappa shape index (κ2) is 6.00. The van der Waals surface area contributed by atoms with Crippen LogP contribution in [-0.2, 0) is 0 Å². The van der Waals surface area contributed by atoms with E-state index in [0.29, 0.717) is 18.7 Å². The highest BCUT2D eigenvalue weighted by atomic mass is 32.1. The molecule has 1 aromatic heterocycles. The van der Waals surface area contributed by atoms with Crippen LogP contribution < -0.4 is 10.2 Å². The van der Waals surface area contributed by atoms with Crippen molar-refractivity contribution in [2.75, 3.05) is 24.6 Å². The van der Waals surface area contributed by atoms with E-state index in [2.05, 4.69) is 22.1 Å². The summed E-state index contributed by atoms with van der Waals surface area (Å²) in [6, 6.07) is 1.09. The van der Waals surface area contributed by atoms with Gasteiger partial charge in [0.2, 0.25) is 0 Å². The molecule has 20 heavy (non-hydrogen) atoms. The van der Waals surface area contributed by atoms with Crippen LogP contribution >= 0.6 is 11.3 Å². The summed E-state index contributed by atoms with van der Waals surface area (Å²) in [4.78, 5) is 6.79. The van der Waals surface area contributed by atoms with Crippen LogP contribution in [0, 0.1) is 5.41 Å². The van der Waals surface area contributed by atoms with Crippen molar-refractivity contribution >= 4 is 16.5 Å². The Labute approximate surface area is 125 Å². The minimum absolute atomic E-state index is 0.0897. The van der Waals surface area contributed by atoms with Gasteiger partial charge in [-0.2, -0.15) is 0 Å². The van der Waals surface area contributed by atoms with Crippen molar-refractivity contribution < 1.29 is 5.11 Å². The molecule has 112 valence electrons. The monoisotopic (exact) mass is 295 g/mol. The summed E-state index contributed by atoms with van der Waals surface area (Å²) < 4.78 is 0. The zero-order valence-corrected chi connectivity index (χ0v) is 13.0. The Hall–Kier alpha value is -0.650. The first-order chi connectivity index (χ1) is 9.71. The lowest BCUT2D eigenvalue weighted by molar-refractivity contribution is 0.111. The van der Waals surface area contributed by atoms with E-state index in [1.165, 1.54) is 25.7 Å². The topological polar surface area (TPSA) is 48.4 Å². The van der Waals surface area contributed by atoms with Gasteiger partial charge in [0.05, 0.1) is 0 Å². The van der Waals surface area contributed by atoms with Gasteiger partial charge in [0.25, 0.3) is 0 Å². The number of piperidine rings is 1. The Balaban J connectivity index is 1.51. The van der Waals surface area contributed by atoms with Crippen LogP contribution in [0.1, 0.15) is 39.0 Å². The molecule has 1 saturated heterocycles. The molecule has 1 aliphatic heterocycles. The van der Waals surface area contributed by atoms with E-state index in [-0.39, 0.29) is 5.41 Å². The molecule has 5 heteroatoms. The molecular weight excluding hydrogens is 270 g/mol. The number of aliphatic hydroxyl groups excluding tert-OH is 1. The van der Waals surface area contributed by atoms with Gasteiger partial charge in [-0.05, 0) is 25.7 Å². The maximum atomic E-state index is 9.64. The van der Waals surface area contributed by atoms with Crippen molar-refractivity contribution in [3.63, 3.8) is 0 Å². The number of rotatable bonds is 4. The van der Waals surface area contributed by atoms with Crippen molar-refractivity contribution in [1.82, 2.24) is 10.3 Å². The lowest BCUT2D eigenvalue weighted by Gasteiger charge is -2.37. The molecule has 3 rings (SSSR count). The second-order valence-electron chi connectivity index (χ2n) is 6.50. The van der Waals surface area contributed by atoms with Crippen LogP contribution in [0.5, 0.6) is 0 Å². The summed E-state index contributed by atoms with van der Waals surface area (Å²) in [6.07, 6.45) is 7.85. The molecule has 0 spiro atoms. The van der Waals surface area contributed by atoms with Gasteiger partial charge in [-0.1, -0.05) is 13.3 Å². The molecule has 2 aliphatic rings. The van der Waals surface area contributed by atoms with E-state index in [4.69, 9.17) is 0 Å². The third kappa shape index (κ3) is 2.85. The number of hydrogen-bond donors (Lipinski definition) is 2. The Morgan fingerprint density at radius 3 is 2.90 bits per heavy atom. The molecule has 0 bridgehead atoms. The van der Waals surface area contributed by atoms with Crippen LogP contribution in [-0.4, -0.2) is 41.9 Å². The van der Waals surface area contributed by atoms with Gasteiger partial charge in [-0.15, -0.1) is 11.3 Å². The summed E-state index contributed by atoms with van der Waals surface area (Å²) in [6.45, 7) is 4.71. The van der Waals surface area contributed by atoms with E-state index in [9.17, 15) is 5.11 Å². The van der Waals surface area contributed by atoms with Crippen LogP contribution in [0.4, 0.5) is 5.13 Å². The fourth-order valence-electron chi connectivity index (χ4n) is 3.60. The smallest absolute Gasteiger partial charge is 0.185 e. The second-order valence-corrected chi connectivity index (χ2v) is 7.37. The van der Waals surface area contributed by atoms with Crippen LogP contribution in [0.25, 0.3) is 0 Å². The van der Waals surface area contributed by atoms with Crippen molar-refractivity contribution in [3.8, 4) is 0 Å². The predicted molar refractivity (Wildman–Crippen MR) is 83.3 cm³/mol. The lowest BCUT2D eigenvalue weighted by atomic mass is 9.85. The van der Waals surface area contributed by atoms with E-state index < -0.39 is 0 Å². The van der Waals surface area contributed by atoms with Crippen molar-refractivity contribution in [2.24, 2.45) is 5.41 Å². The van der Waals surface area contributed by atoms with E-state index in [1.54, 1.807) is 11.3 Å². The van der Waals surface area contributed by atoms with Crippen LogP contribution in [0.15, 0.2) is 11.6 Å². The van der Waals surface area contributed by atoms with Crippen molar-refractivity contribution in [2.45, 2.75) is 51.1 Å². The van der Waals surface area contributed by atoms with Crippen LogP contribution in [0.2, 0.25) is 0 Å². The molecule has 2 fully saturated rings. The lowest BCUT2D eigenvalue weighted by Crippen LogP contribution is -2.50. The normalized spacial score (nSPS) is 31.9. The third-order valence-corrected chi connectivity index (χ3v) is 5.90. The van der Waals surface area contributed by atoms with Crippen LogP contribution in [0.3, 0.4) is 0 Å². The number of hydrogen-bond acceptors (Lipinski definition) is 5. The largest absolute Gasteiger partial charge is 0.396 e. The molecule has 1 aliphatic carbocycles. The molecule has 2 atom stereocenters. The van der Waals surface area contributed by atoms with E-state index in [1.807, 2.05) is 11.6 Å². The fourth-order valence-corrected chi connectivity index (χ4v) is 4.30. The number of aromatic nitrogens is 1. The number of aliphatic hydroxyl groups is 1. The van der Waals surface area contributed by atoms with E-state index >= 15 is 0 Å². The predicted octanol–water partition coefficient (Wildman–Crippen LogP) is 2.25. The average molecular weight is 295 g/mol. The summed E-state index contributed by atoms with van der Waals surface area (Å²) in [5, 5.41) is 16.7. The molecular formula is C15H25N3OS. The Morgan fingerprint density at radius 2 is 2.25 bits per heavy atom. The van der Waals surface area contributed by atoms with Gasteiger partial charge in [-0.3, -0.25) is 0 Å². The first-order valence-corrected chi connectivity index (χ1v) is 8.60. The zero-order valence-electron chi connectivity index (χ0n) is 12.2. The molecule has 2 unspecified atom stereocenters. The first kappa shape index (κ1) is 14.3. The molecule has 4 nitrogen and oxygen atoms in total. The van der Waals surface area contributed by atoms with Gasteiger partial charge < -0.3 is 15.3 Å². The Morgan fingerprint density at radius 1 is 1.45 bits per heavy atom. The standard InChI is InChI=1S/C15H25N3OS/c1-15(11-19)6-2-3-13(15)17-12-4-8-18(9-5-12)14-16-7-10-20-14/h7,10,12-13,17,19H,2-6,8-9,11H2,1H3. The zero-order chi connectivity index (χ0) is 14.0. The first-order valence-electron chi connectivity index (χ1n) is 7.73. The minimum Gasteiger partial charge on any atom is -0.396 e. The average Bonchev–Trinajstić information content (AvgIpc) is 3.11. The SMILES string of the molecule is CC1(CO)CCCC1NC1CCN(c2nccs2)CC1.